The molecule has 1 unspecified atom stereocenters. The molecule has 0 fully saturated rings. The molecular weight excluding hydrogens is 264 g/mol. The molecule has 3 N–H and O–H groups in total. The highest BCUT2D eigenvalue weighted by Crippen LogP contribution is 2.16. The molecule has 1 atom stereocenters. The van der Waals surface area contributed by atoms with Gasteiger partial charge in [0, 0.05) is 19.2 Å². The quantitative estimate of drug-likeness (QED) is 0.690. The van der Waals surface area contributed by atoms with E-state index in [-0.39, 0.29) is 31.3 Å². The zero-order valence-electron chi connectivity index (χ0n) is 11.0. The number of rotatable bonds is 8. The lowest BCUT2D eigenvalue weighted by molar-refractivity contribution is 0.216. The second kappa shape index (κ2) is 8.26. The fourth-order valence-corrected chi connectivity index (χ4v) is 3.09. The van der Waals surface area contributed by atoms with E-state index in [0.717, 1.165) is 6.42 Å². The van der Waals surface area contributed by atoms with E-state index in [0.29, 0.717) is 5.92 Å². The molecule has 17 heavy (non-hydrogen) atoms. The van der Waals surface area contributed by atoms with Gasteiger partial charge >= 0.3 is 0 Å². The Morgan fingerprint density at radius 3 is 2.29 bits per heavy atom. The number of hydrogen-bond acceptors (Lipinski definition) is 4. The van der Waals surface area contributed by atoms with Crippen LogP contribution in [0.5, 0.6) is 0 Å². The molecule has 0 saturated carbocycles. The van der Waals surface area contributed by atoms with Crippen molar-refractivity contribution in [2.24, 2.45) is 11.7 Å². The normalized spacial score (nSPS) is 15.4. The van der Waals surface area contributed by atoms with E-state index in [1.165, 1.54) is 7.11 Å². The molecule has 0 amide bonds. The second-order valence-corrected chi connectivity index (χ2v) is 6.62. The second-order valence-electron chi connectivity index (χ2n) is 4.78. The summed E-state index contributed by atoms with van der Waals surface area (Å²) in [6.07, 6.45) is 0.718. The van der Waals surface area contributed by atoms with Crippen LogP contribution in [0.1, 0.15) is 27.2 Å². The summed E-state index contributed by atoms with van der Waals surface area (Å²) in [6, 6.07) is 0. The van der Waals surface area contributed by atoms with Gasteiger partial charge in [0.2, 0.25) is 10.0 Å². The standard InChI is InChI=1S/C10H24N2O3S.ClH/c1-9(2)7-10(3,8-11)12-16(13,14)6-5-15-4;/h9,12H,5-8,11H2,1-4H3;1H. The van der Waals surface area contributed by atoms with Crippen molar-refractivity contribution in [2.45, 2.75) is 32.7 Å². The number of hydrogen-bond donors (Lipinski definition) is 2. The van der Waals surface area contributed by atoms with E-state index < -0.39 is 15.6 Å². The Balaban J connectivity index is 0. The summed E-state index contributed by atoms with van der Waals surface area (Å²) < 4.78 is 30.8. The molecule has 5 nitrogen and oxygen atoms in total. The molecule has 0 spiro atoms. The summed E-state index contributed by atoms with van der Waals surface area (Å²) >= 11 is 0. The third-order valence-electron chi connectivity index (χ3n) is 2.27. The van der Waals surface area contributed by atoms with E-state index in [9.17, 15) is 8.42 Å². The monoisotopic (exact) mass is 288 g/mol. The van der Waals surface area contributed by atoms with Gasteiger partial charge in [-0.1, -0.05) is 13.8 Å². The van der Waals surface area contributed by atoms with Crippen LogP contribution >= 0.6 is 12.4 Å². The minimum Gasteiger partial charge on any atom is -0.384 e. The van der Waals surface area contributed by atoms with Crippen LogP contribution in [0.4, 0.5) is 0 Å². The summed E-state index contributed by atoms with van der Waals surface area (Å²) in [4.78, 5) is 0. The van der Waals surface area contributed by atoms with Crippen LogP contribution in [-0.2, 0) is 14.8 Å². The maximum Gasteiger partial charge on any atom is 0.214 e. The van der Waals surface area contributed by atoms with Gasteiger partial charge in [0.15, 0.2) is 0 Å². The van der Waals surface area contributed by atoms with Crippen molar-refractivity contribution in [3.63, 3.8) is 0 Å². The molecule has 0 saturated heterocycles. The van der Waals surface area contributed by atoms with Crippen molar-refractivity contribution in [1.82, 2.24) is 4.72 Å². The van der Waals surface area contributed by atoms with Crippen molar-refractivity contribution >= 4 is 22.4 Å². The third kappa shape index (κ3) is 8.79. The Labute approximate surface area is 111 Å². The van der Waals surface area contributed by atoms with Crippen molar-refractivity contribution in [3.05, 3.63) is 0 Å². The first kappa shape index (κ1) is 19.5. The largest absolute Gasteiger partial charge is 0.384 e. The number of ether oxygens (including phenoxy) is 1. The van der Waals surface area contributed by atoms with Crippen LogP contribution in [0.15, 0.2) is 0 Å². The fraction of sp³-hybridized carbons (Fsp3) is 1.00. The molecule has 7 heteroatoms. The van der Waals surface area contributed by atoms with E-state index in [1.807, 2.05) is 20.8 Å². The van der Waals surface area contributed by atoms with Crippen molar-refractivity contribution in [1.29, 1.82) is 0 Å². The Kier molecular flexibility index (Phi) is 9.46. The van der Waals surface area contributed by atoms with Crippen LogP contribution in [0.3, 0.4) is 0 Å². The number of sulfonamides is 1. The lowest BCUT2D eigenvalue weighted by Crippen LogP contribution is -2.52. The van der Waals surface area contributed by atoms with Crippen LogP contribution in [0.2, 0.25) is 0 Å². The maximum atomic E-state index is 11.7. The van der Waals surface area contributed by atoms with Gasteiger partial charge in [-0.2, -0.15) is 0 Å². The third-order valence-corrected chi connectivity index (χ3v) is 3.78. The maximum absolute atomic E-state index is 11.7. The highest BCUT2D eigenvalue weighted by Gasteiger charge is 2.28. The van der Waals surface area contributed by atoms with E-state index in [1.54, 1.807) is 0 Å². The van der Waals surface area contributed by atoms with Gasteiger partial charge in [-0.25, -0.2) is 13.1 Å². The van der Waals surface area contributed by atoms with Crippen LogP contribution < -0.4 is 10.5 Å². The predicted octanol–water partition coefficient (Wildman–Crippen LogP) is 0.737. The molecule has 0 bridgehead atoms. The Morgan fingerprint density at radius 2 is 1.94 bits per heavy atom. The van der Waals surface area contributed by atoms with Gasteiger partial charge in [0.05, 0.1) is 12.4 Å². The number of nitrogens with two attached hydrogens (primary N) is 1. The first-order valence-corrected chi connectivity index (χ1v) is 7.10. The van der Waals surface area contributed by atoms with E-state index in [2.05, 4.69) is 4.72 Å². The lowest BCUT2D eigenvalue weighted by Gasteiger charge is -2.30. The summed E-state index contributed by atoms with van der Waals surface area (Å²) in [5, 5.41) is 0. The van der Waals surface area contributed by atoms with Gasteiger partial charge in [0.1, 0.15) is 0 Å². The fourth-order valence-electron chi connectivity index (χ4n) is 1.69. The summed E-state index contributed by atoms with van der Waals surface area (Å²) in [7, 11) is -1.84. The number of nitrogens with one attached hydrogen (secondary N) is 1. The SMILES string of the molecule is COCCS(=O)(=O)NC(C)(CN)CC(C)C.Cl. The Bertz CT molecular complexity index is 296. The molecule has 0 heterocycles. The van der Waals surface area contributed by atoms with Crippen LogP contribution in [0.25, 0.3) is 0 Å². The van der Waals surface area contributed by atoms with E-state index in [4.69, 9.17) is 10.5 Å². The van der Waals surface area contributed by atoms with Gasteiger partial charge in [-0.3, -0.25) is 0 Å². The van der Waals surface area contributed by atoms with Gasteiger partial charge in [-0.05, 0) is 19.3 Å². The van der Waals surface area contributed by atoms with Gasteiger partial charge in [-0.15, -0.1) is 12.4 Å². The average Bonchev–Trinajstić information content (AvgIpc) is 2.12. The molecule has 0 aliphatic heterocycles. The lowest BCUT2D eigenvalue weighted by atomic mass is 9.92. The molecule has 0 aliphatic rings. The highest BCUT2D eigenvalue weighted by atomic mass is 35.5. The predicted molar refractivity (Wildman–Crippen MR) is 73.0 cm³/mol. The average molecular weight is 289 g/mol. The molecule has 0 aromatic carbocycles. The topological polar surface area (TPSA) is 81.4 Å². The van der Waals surface area contributed by atoms with E-state index >= 15 is 0 Å². The molecule has 0 radical (unpaired) electrons. The summed E-state index contributed by atoms with van der Waals surface area (Å²) in [6.45, 7) is 6.39. The van der Waals surface area contributed by atoms with Crippen LogP contribution in [0, 0.1) is 5.92 Å². The smallest absolute Gasteiger partial charge is 0.214 e. The van der Waals surface area contributed by atoms with Crippen LogP contribution in [-0.4, -0.2) is 40.0 Å². The number of methoxy groups -OCH3 is 1. The number of halogens is 1. The molecule has 0 aromatic heterocycles. The van der Waals surface area contributed by atoms with Gasteiger partial charge in [0.25, 0.3) is 0 Å². The molecular formula is C10H25ClN2O3S. The van der Waals surface area contributed by atoms with Gasteiger partial charge < -0.3 is 10.5 Å². The van der Waals surface area contributed by atoms with Crippen molar-refractivity contribution in [3.8, 4) is 0 Å². The molecule has 106 valence electrons. The summed E-state index contributed by atoms with van der Waals surface area (Å²) in [5.74, 6) is 0.357. The first-order valence-electron chi connectivity index (χ1n) is 5.45. The zero-order chi connectivity index (χ0) is 12.8. The first-order chi connectivity index (χ1) is 7.24. The summed E-state index contributed by atoms with van der Waals surface area (Å²) in [5.41, 5.74) is 5.06. The highest BCUT2D eigenvalue weighted by molar-refractivity contribution is 7.89. The molecule has 0 aromatic rings. The minimum atomic E-state index is -3.31. The van der Waals surface area contributed by atoms with Crippen molar-refractivity contribution in [2.75, 3.05) is 26.0 Å². The zero-order valence-corrected chi connectivity index (χ0v) is 12.7. The van der Waals surface area contributed by atoms with Crippen molar-refractivity contribution < 1.29 is 13.2 Å². The minimum absolute atomic E-state index is 0. The Hall–Kier alpha value is 0.120. The Morgan fingerprint density at radius 1 is 1.41 bits per heavy atom. The molecule has 0 aliphatic carbocycles. The molecule has 0 rings (SSSR count).